The second kappa shape index (κ2) is 10.0. The number of methoxy groups -OCH3 is 1. The van der Waals surface area contributed by atoms with Crippen LogP contribution in [0.3, 0.4) is 0 Å². The van der Waals surface area contributed by atoms with Crippen LogP contribution in [-0.2, 0) is 14.3 Å². The summed E-state index contributed by atoms with van der Waals surface area (Å²) in [5.74, 6) is 0.627. The lowest BCUT2D eigenvalue weighted by atomic mass is 10.0. The maximum absolute atomic E-state index is 12.1. The Morgan fingerprint density at radius 1 is 1.13 bits per heavy atom. The van der Waals surface area contributed by atoms with Crippen LogP contribution in [0.25, 0.3) is 6.08 Å². The van der Waals surface area contributed by atoms with Crippen molar-refractivity contribution in [3.8, 4) is 17.2 Å². The SMILES string of the molecule is COc1cc(/C=C/C(=O)OCC(=O)N[C@@H](C)c2ccc(C)c(C)c2)cc2c1OCCO2. The second-order valence-corrected chi connectivity index (χ2v) is 7.32. The Bertz CT molecular complexity index is 981. The summed E-state index contributed by atoms with van der Waals surface area (Å²) >= 11 is 0. The van der Waals surface area contributed by atoms with E-state index in [-0.39, 0.29) is 18.6 Å². The number of ether oxygens (including phenoxy) is 4. The molecule has 0 saturated heterocycles. The summed E-state index contributed by atoms with van der Waals surface area (Å²) in [4.78, 5) is 24.2. The zero-order chi connectivity index (χ0) is 22.4. The first-order chi connectivity index (χ1) is 14.9. The molecule has 1 aliphatic rings. The van der Waals surface area contributed by atoms with Crippen LogP contribution < -0.4 is 19.5 Å². The molecule has 1 amide bonds. The number of aryl methyl sites for hydroxylation is 2. The van der Waals surface area contributed by atoms with Crippen molar-refractivity contribution >= 4 is 18.0 Å². The molecule has 0 aliphatic carbocycles. The van der Waals surface area contributed by atoms with E-state index in [0.29, 0.717) is 36.0 Å². The lowest BCUT2D eigenvalue weighted by Gasteiger charge is -2.20. The molecular weight excluding hydrogens is 398 g/mol. The lowest BCUT2D eigenvalue weighted by molar-refractivity contribution is -0.144. The fourth-order valence-electron chi connectivity index (χ4n) is 3.14. The number of benzene rings is 2. The van der Waals surface area contributed by atoms with E-state index in [1.54, 1.807) is 18.2 Å². The quantitative estimate of drug-likeness (QED) is 0.540. The number of fused-ring (bicyclic) bond motifs is 1. The molecule has 0 fully saturated rings. The molecule has 0 spiro atoms. The molecular formula is C24H27NO6. The fraction of sp³-hybridized carbons (Fsp3) is 0.333. The third kappa shape index (κ3) is 5.78. The van der Waals surface area contributed by atoms with E-state index < -0.39 is 5.97 Å². The smallest absolute Gasteiger partial charge is 0.331 e. The minimum atomic E-state index is -0.622. The zero-order valence-electron chi connectivity index (χ0n) is 18.2. The van der Waals surface area contributed by atoms with Gasteiger partial charge in [0.1, 0.15) is 13.2 Å². The second-order valence-electron chi connectivity index (χ2n) is 7.32. The van der Waals surface area contributed by atoms with Gasteiger partial charge in [-0.15, -0.1) is 0 Å². The van der Waals surface area contributed by atoms with Gasteiger partial charge in [0.2, 0.25) is 5.75 Å². The number of carbonyl (C=O) groups is 2. The van der Waals surface area contributed by atoms with Gasteiger partial charge in [0, 0.05) is 6.08 Å². The Morgan fingerprint density at radius 3 is 2.65 bits per heavy atom. The summed E-state index contributed by atoms with van der Waals surface area (Å²) in [7, 11) is 1.53. The van der Waals surface area contributed by atoms with Crippen LogP contribution >= 0.6 is 0 Å². The van der Waals surface area contributed by atoms with E-state index in [4.69, 9.17) is 18.9 Å². The third-order valence-electron chi connectivity index (χ3n) is 5.02. The van der Waals surface area contributed by atoms with Gasteiger partial charge in [-0.05, 0) is 61.2 Å². The first-order valence-corrected chi connectivity index (χ1v) is 10.1. The topological polar surface area (TPSA) is 83.1 Å². The van der Waals surface area contributed by atoms with Crippen LogP contribution in [0.5, 0.6) is 17.2 Å². The summed E-state index contributed by atoms with van der Waals surface area (Å²) in [6, 6.07) is 9.32. The average molecular weight is 425 g/mol. The molecule has 7 nitrogen and oxygen atoms in total. The van der Waals surface area contributed by atoms with E-state index in [0.717, 1.165) is 11.1 Å². The number of amides is 1. The summed E-state index contributed by atoms with van der Waals surface area (Å²) in [5, 5.41) is 2.83. The maximum Gasteiger partial charge on any atom is 0.331 e. The van der Waals surface area contributed by atoms with Gasteiger partial charge in [0.25, 0.3) is 5.91 Å². The molecule has 0 bridgehead atoms. The molecule has 2 aromatic rings. The van der Waals surface area contributed by atoms with Gasteiger partial charge in [-0.25, -0.2) is 4.79 Å². The Labute approximate surface area is 181 Å². The standard InChI is InChI=1S/C24H27NO6/c1-15-5-7-19(11-16(15)2)17(3)25-22(26)14-31-23(27)8-6-18-12-20(28-4)24-21(13-18)29-9-10-30-24/h5-8,11-13,17H,9-10,14H2,1-4H3,(H,25,26)/b8-6+/t17-/m0/s1. The molecule has 1 atom stereocenters. The summed E-state index contributed by atoms with van der Waals surface area (Å²) in [6.07, 6.45) is 2.82. The van der Waals surface area contributed by atoms with Gasteiger partial charge in [0.15, 0.2) is 18.1 Å². The van der Waals surface area contributed by atoms with Crippen molar-refractivity contribution in [3.05, 3.63) is 58.7 Å². The van der Waals surface area contributed by atoms with Crippen molar-refractivity contribution in [1.82, 2.24) is 5.32 Å². The summed E-state index contributed by atoms with van der Waals surface area (Å²) in [6.45, 7) is 6.49. The highest BCUT2D eigenvalue weighted by molar-refractivity contribution is 5.89. The molecule has 3 rings (SSSR count). The Hall–Kier alpha value is -3.48. The fourth-order valence-corrected chi connectivity index (χ4v) is 3.14. The Morgan fingerprint density at radius 2 is 1.90 bits per heavy atom. The molecule has 1 heterocycles. The number of carbonyl (C=O) groups excluding carboxylic acids is 2. The van der Waals surface area contributed by atoms with E-state index >= 15 is 0 Å². The van der Waals surface area contributed by atoms with Crippen molar-refractivity contribution in [2.45, 2.75) is 26.8 Å². The molecule has 0 unspecified atom stereocenters. The van der Waals surface area contributed by atoms with E-state index in [1.807, 2.05) is 39.0 Å². The van der Waals surface area contributed by atoms with Crippen molar-refractivity contribution in [2.75, 3.05) is 26.9 Å². The molecule has 0 radical (unpaired) electrons. The van der Waals surface area contributed by atoms with Gasteiger partial charge < -0.3 is 24.3 Å². The number of rotatable bonds is 7. The van der Waals surface area contributed by atoms with Crippen LogP contribution in [0.4, 0.5) is 0 Å². The van der Waals surface area contributed by atoms with Gasteiger partial charge >= 0.3 is 5.97 Å². The predicted molar refractivity (Wildman–Crippen MR) is 116 cm³/mol. The minimum Gasteiger partial charge on any atom is -0.493 e. The van der Waals surface area contributed by atoms with Crippen LogP contribution in [0.15, 0.2) is 36.4 Å². The van der Waals surface area contributed by atoms with Gasteiger partial charge in [-0.2, -0.15) is 0 Å². The molecule has 0 saturated carbocycles. The Balaban J connectivity index is 1.53. The number of esters is 1. The van der Waals surface area contributed by atoms with Crippen molar-refractivity contribution < 1.29 is 28.5 Å². The molecule has 0 aromatic heterocycles. The third-order valence-corrected chi connectivity index (χ3v) is 5.02. The van der Waals surface area contributed by atoms with E-state index in [1.165, 1.54) is 18.7 Å². The van der Waals surface area contributed by atoms with Gasteiger partial charge in [-0.1, -0.05) is 18.2 Å². The minimum absolute atomic E-state index is 0.189. The molecule has 2 aromatic carbocycles. The van der Waals surface area contributed by atoms with Crippen LogP contribution in [-0.4, -0.2) is 38.8 Å². The van der Waals surface area contributed by atoms with Crippen LogP contribution in [0, 0.1) is 13.8 Å². The molecule has 1 N–H and O–H groups in total. The highest BCUT2D eigenvalue weighted by atomic mass is 16.6. The molecule has 1 aliphatic heterocycles. The number of nitrogens with one attached hydrogen (secondary N) is 1. The zero-order valence-corrected chi connectivity index (χ0v) is 18.2. The monoisotopic (exact) mass is 425 g/mol. The molecule has 7 heteroatoms. The van der Waals surface area contributed by atoms with E-state index in [9.17, 15) is 9.59 Å². The Kier molecular flexibility index (Phi) is 7.18. The van der Waals surface area contributed by atoms with Crippen molar-refractivity contribution in [1.29, 1.82) is 0 Å². The van der Waals surface area contributed by atoms with Gasteiger partial charge in [0.05, 0.1) is 13.2 Å². The highest BCUT2D eigenvalue weighted by Gasteiger charge is 2.18. The van der Waals surface area contributed by atoms with Gasteiger partial charge in [-0.3, -0.25) is 4.79 Å². The first kappa shape index (κ1) is 22.2. The number of hydrogen-bond donors (Lipinski definition) is 1. The highest BCUT2D eigenvalue weighted by Crippen LogP contribution is 2.40. The summed E-state index contributed by atoms with van der Waals surface area (Å²) < 4.78 is 21.5. The van der Waals surface area contributed by atoms with Crippen molar-refractivity contribution in [3.63, 3.8) is 0 Å². The first-order valence-electron chi connectivity index (χ1n) is 10.1. The molecule has 164 valence electrons. The number of hydrogen-bond acceptors (Lipinski definition) is 6. The normalized spacial score (nSPS) is 13.5. The summed E-state index contributed by atoms with van der Waals surface area (Å²) in [5.41, 5.74) is 4.03. The van der Waals surface area contributed by atoms with E-state index in [2.05, 4.69) is 5.32 Å². The predicted octanol–water partition coefficient (Wildman–Crippen LogP) is 3.52. The largest absolute Gasteiger partial charge is 0.493 e. The van der Waals surface area contributed by atoms with Crippen molar-refractivity contribution in [2.24, 2.45) is 0 Å². The maximum atomic E-state index is 12.1. The van der Waals surface area contributed by atoms with Crippen LogP contribution in [0.1, 0.15) is 35.2 Å². The lowest BCUT2D eigenvalue weighted by Crippen LogP contribution is -2.31. The van der Waals surface area contributed by atoms with Crippen LogP contribution in [0.2, 0.25) is 0 Å². The average Bonchev–Trinajstić information content (AvgIpc) is 2.77. The molecule has 31 heavy (non-hydrogen) atoms.